The average Bonchev–Trinajstić information content (AvgIpc) is 2.73. The van der Waals surface area contributed by atoms with E-state index in [2.05, 4.69) is 5.32 Å². The summed E-state index contributed by atoms with van der Waals surface area (Å²) in [5, 5.41) is 12.5. The predicted molar refractivity (Wildman–Crippen MR) is 108 cm³/mol. The summed E-state index contributed by atoms with van der Waals surface area (Å²) in [5.74, 6) is 0.914. The molecule has 3 rings (SSSR count). The molecule has 154 valence electrons. The van der Waals surface area contributed by atoms with Gasteiger partial charge in [-0.05, 0) is 50.1 Å². The van der Waals surface area contributed by atoms with Crippen LogP contribution in [-0.2, 0) is 4.79 Å². The molecule has 0 bridgehead atoms. The number of hydrogen-bond donors (Lipinski definition) is 2. The van der Waals surface area contributed by atoms with Gasteiger partial charge < -0.3 is 24.8 Å². The highest BCUT2D eigenvalue weighted by molar-refractivity contribution is 5.94. The maximum Gasteiger partial charge on any atom is 0.258 e. The van der Waals surface area contributed by atoms with E-state index in [0.29, 0.717) is 49.6 Å². The molecular formula is C22H26N2O5. The predicted octanol–water partition coefficient (Wildman–Crippen LogP) is 2.59. The van der Waals surface area contributed by atoms with E-state index in [9.17, 15) is 14.7 Å². The summed E-state index contributed by atoms with van der Waals surface area (Å²) in [6.45, 7) is 3.42. The van der Waals surface area contributed by atoms with E-state index in [0.717, 1.165) is 0 Å². The molecule has 1 saturated heterocycles. The standard InChI is InChI=1S/C22H26N2O5/c1-2-28-19-8-3-4-9-20(19)29-15-21(26)23-17-10-12-24(13-11-17)22(27)16-6-5-7-18(25)14-16/h3-9,14,17,25H,2,10-13,15H2,1H3,(H,23,26). The van der Waals surface area contributed by atoms with Crippen LogP contribution in [0.25, 0.3) is 0 Å². The zero-order chi connectivity index (χ0) is 20.6. The van der Waals surface area contributed by atoms with Crippen LogP contribution < -0.4 is 14.8 Å². The lowest BCUT2D eigenvalue weighted by molar-refractivity contribution is -0.124. The first kappa shape index (κ1) is 20.5. The molecule has 29 heavy (non-hydrogen) atoms. The zero-order valence-corrected chi connectivity index (χ0v) is 16.5. The van der Waals surface area contributed by atoms with Crippen LogP contribution in [0.4, 0.5) is 0 Å². The molecule has 7 heteroatoms. The second-order valence-corrected chi connectivity index (χ2v) is 6.85. The minimum absolute atomic E-state index is 0.00135. The molecule has 0 aliphatic carbocycles. The third-order valence-corrected chi connectivity index (χ3v) is 4.75. The van der Waals surface area contributed by atoms with E-state index in [1.807, 2.05) is 19.1 Å². The van der Waals surface area contributed by atoms with Crippen LogP contribution in [-0.4, -0.2) is 54.2 Å². The Hall–Kier alpha value is -3.22. The molecule has 0 radical (unpaired) electrons. The van der Waals surface area contributed by atoms with Crippen LogP contribution in [0.3, 0.4) is 0 Å². The molecule has 1 aliphatic rings. The monoisotopic (exact) mass is 398 g/mol. The molecule has 0 atom stereocenters. The van der Waals surface area contributed by atoms with Crippen LogP contribution >= 0.6 is 0 Å². The molecule has 0 spiro atoms. The largest absolute Gasteiger partial charge is 0.508 e. The highest BCUT2D eigenvalue weighted by atomic mass is 16.5. The number of likely N-dealkylation sites (tertiary alicyclic amines) is 1. The van der Waals surface area contributed by atoms with Crippen molar-refractivity contribution in [2.45, 2.75) is 25.8 Å². The number of hydrogen-bond acceptors (Lipinski definition) is 5. The summed E-state index contributed by atoms with van der Waals surface area (Å²) >= 11 is 0. The van der Waals surface area contributed by atoms with E-state index in [1.165, 1.54) is 12.1 Å². The first-order chi connectivity index (χ1) is 14.1. The van der Waals surface area contributed by atoms with Gasteiger partial charge in [-0.15, -0.1) is 0 Å². The molecule has 7 nitrogen and oxygen atoms in total. The van der Waals surface area contributed by atoms with Crippen molar-refractivity contribution in [3.63, 3.8) is 0 Å². The van der Waals surface area contributed by atoms with Gasteiger partial charge in [0.25, 0.3) is 11.8 Å². The third-order valence-electron chi connectivity index (χ3n) is 4.75. The SMILES string of the molecule is CCOc1ccccc1OCC(=O)NC1CCN(C(=O)c2cccc(O)c2)CC1. The Balaban J connectivity index is 1.45. The van der Waals surface area contributed by atoms with Gasteiger partial charge in [0, 0.05) is 24.7 Å². The second kappa shape index (κ2) is 9.82. The van der Waals surface area contributed by atoms with Crippen molar-refractivity contribution >= 4 is 11.8 Å². The van der Waals surface area contributed by atoms with Gasteiger partial charge in [0.05, 0.1) is 6.61 Å². The Morgan fingerprint density at radius 2 is 1.76 bits per heavy atom. The Bertz CT molecular complexity index is 847. The first-order valence-electron chi connectivity index (χ1n) is 9.79. The van der Waals surface area contributed by atoms with Gasteiger partial charge in [0.15, 0.2) is 18.1 Å². The number of aromatic hydroxyl groups is 1. The van der Waals surface area contributed by atoms with Gasteiger partial charge in [-0.25, -0.2) is 0 Å². The van der Waals surface area contributed by atoms with Gasteiger partial charge in [0.2, 0.25) is 0 Å². The smallest absolute Gasteiger partial charge is 0.258 e. The fourth-order valence-electron chi connectivity index (χ4n) is 3.31. The molecule has 1 aliphatic heterocycles. The Morgan fingerprint density at radius 3 is 2.41 bits per heavy atom. The fraction of sp³-hybridized carbons (Fsp3) is 0.364. The Morgan fingerprint density at radius 1 is 1.07 bits per heavy atom. The van der Waals surface area contributed by atoms with E-state index in [1.54, 1.807) is 29.2 Å². The van der Waals surface area contributed by atoms with Crippen molar-refractivity contribution in [3.05, 3.63) is 54.1 Å². The number of ether oxygens (including phenoxy) is 2. The molecule has 1 heterocycles. The lowest BCUT2D eigenvalue weighted by Crippen LogP contribution is -2.47. The summed E-state index contributed by atoms with van der Waals surface area (Å²) in [6.07, 6.45) is 1.34. The molecule has 2 aromatic rings. The highest BCUT2D eigenvalue weighted by Gasteiger charge is 2.25. The normalized spacial score (nSPS) is 14.3. The van der Waals surface area contributed by atoms with Crippen molar-refractivity contribution < 1.29 is 24.2 Å². The summed E-state index contributed by atoms with van der Waals surface area (Å²) in [4.78, 5) is 26.5. The van der Waals surface area contributed by atoms with Crippen LogP contribution in [0.5, 0.6) is 17.2 Å². The number of phenolic OH excluding ortho intramolecular Hbond substituents is 1. The van der Waals surface area contributed by atoms with E-state index in [4.69, 9.17) is 9.47 Å². The quantitative estimate of drug-likeness (QED) is 0.749. The van der Waals surface area contributed by atoms with Crippen LogP contribution in [0.15, 0.2) is 48.5 Å². The molecule has 1 fully saturated rings. The minimum Gasteiger partial charge on any atom is -0.508 e. The maximum atomic E-state index is 12.5. The molecule has 0 saturated carbocycles. The van der Waals surface area contributed by atoms with E-state index in [-0.39, 0.29) is 30.2 Å². The van der Waals surface area contributed by atoms with E-state index < -0.39 is 0 Å². The average molecular weight is 398 g/mol. The summed E-state index contributed by atoms with van der Waals surface area (Å²) in [5.41, 5.74) is 0.467. The summed E-state index contributed by atoms with van der Waals surface area (Å²) in [6, 6.07) is 13.6. The van der Waals surface area contributed by atoms with Crippen molar-refractivity contribution in [2.75, 3.05) is 26.3 Å². The topological polar surface area (TPSA) is 88.1 Å². The molecule has 0 unspecified atom stereocenters. The number of para-hydroxylation sites is 2. The number of amides is 2. The van der Waals surface area contributed by atoms with Crippen molar-refractivity contribution in [1.82, 2.24) is 10.2 Å². The van der Waals surface area contributed by atoms with Crippen molar-refractivity contribution in [1.29, 1.82) is 0 Å². The minimum atomic E-state index is -0.200. The maximum absolute atomic E-state index is 12.5. The van der Waals surface area contributed by atoms with Crippen LogP contribution in [0.1, 0.15) is 30.1 Å². The number of nitrogens with one attached hydrogen (secondary N) is 1. The number of piperidine rings is 1. The third kappa shape index (κ3) is 5.63. The van der Waals surface area contributed by atoms with Gasteiger partial charge in [-0.1, -0.05) is 18.2 Å². The Kier molecular flexibility index (Phi) is 6.94. The number of nitrogens with zero attached hydrogens (tertiary/aromatic N) is 1. The molecule has 2 amide bonds. The van der Waals surface area contributed by atoms with Crippen LogP contribution in [0, 0.1) is 0 Å². The Labute approximate surface area is 170 Å². The molecular weight excluding hydrogens is 372 g/mol. The number of benzene rings is 2. The highest BCUT2D eigenvalue weighted by Crippen LogP contribution is 2.26. The number of phenols is 1. The molecule has 0 aromatic heterocycles. The van der Waals surface area contributed by atoms with Gasteiger partial charge in [-0.3, -0.25) is 9.59 Å². The molecule has 2 N–H and O–H groups in total. The molecule has 2 aromatic carbocycles. The number of carbonyl (C=O) groups excluding carboxylic acids is 2. The second-order valence-electron chi connectivity index (χ2n) is 6.85. The first-order valence-corrected chi connectivity index (χ1v) is 9.79. The van der Waals surface area contributed by atoms with Gasteiger partial charge in [-0.2, -0.15) is 0 Å². The van der Waals surface area contributed by atoms with E-state index >= 15 is 0 Å². The lowest BCUT2D eigenvalue weighted by atomic mass is 10.0. The number of carbonyl (C=O) groups is 2. The fourth-order valence-corrected chi connectivity index (χ4v) is 3.31. The summed E-state index contributed by atoms with van der Waals surface area (Å²) < 4.78 is 11.1. The summed E-state index contributed by atoms with van der Waals surface area (Å²) in [7, 11) is 0. The van der Waals surface area contributed by atoms with Crippen molar-refractivity contribution in [3.8, 4) is 17.2 Å². The number of rotatable bonds is 7. The lowest BCUT2D eigenvalue weighted by Gasteiger charge is -2.32. The van der Waals surface area contributed by atoms with Gasteiger partial charge >= 0.3 is 0 Å². The van der Waals surface area contributed by atoms with Crippen molar-refractivity contribution in [2.24, 2.45) is 0 Å². The zero-order valence-electron chi connectivity index (χ0n) is 16.5. The van der Waals surface area contributed by atoms with Gasteiger partial charge in [0.1, 0.15) is 5.75 Å². The van der Waals surface area contributed by atoms with Crippen LogP contribution in [0.2, 0.25) is 0 Å².